The highest BCUT2D eigenvalue weighted by molar-refractivity contribution is 7.98. The Morgan fingerprint density at radius 1 is 1.15 bits per heavy atom. The van der Waals surface area contributed by atoms with Crippen molar-refractivity contribution in [3.05, 3.63) is 83.2 Å². The normalized spacial score (nSPS) is 10.7. The maximum atomic E-state index is 13.1. The standard InChI is InChI=1S/C21H22N2O3S/c1-16-13-18(26-22-16)15-27-20-10-6-5-9-19(20)21(25)23(11-12-24)14-17-7-3-2-4-8-17/h2-10,13,24H,11-12,14-15H2,1H3. The molecule has 0 aliphatic carbocycles. The summed E-state index contributed by atoms with van der Waals surface area (Å²) in [5.74, 6) is 1.28. The van der Waals surface area contributed by atoms with Crippen molar-refractivity contribution in [2.45, 2.75) is 24.1 Å². The van der Waals surface area contributed by atoms with E-state index in [0.29, 0.717) is 17.9 Å². The second-order valence-electron chi connectivity index (χ2n) is 6.16. The lowest BCUT2D eigenvalue weighted by molar-refractivity contribution is 0.0704. The summed E-state index contributed by atoms with van der Waals surface area (Å²) in [4.78, 5) is 15.7. The molecule has 0 unspecified atom stereocenters. The molecule has 27 heavy (non-hydrogen) atoms. The van der Waals surface area contributed by atoms with Gasteiger partial charge in [-0.25, -0.2) is 0 Å². The summed E-state index contributed by atoms with van der Waals surface area (Å²) in [6, 6.07) is 19.2. The van der Waals surface area contributed by atoms with Crippen LogP contribution in [0.5, 0.6) is 0 Å². The minimum atomic E-state index is -0.0928. The Labute approximate surface area is 163 Å². The van der Waals surface area contributed by atoms with E-state index >= 15 is 0 Å². The van der Waals surface area contributed by atoms with Crippen molar-refractivity contribution < 1.29 is 14.4 Å². The zero-order valence-electron chi connectivity index (χ0n) is 15.2. The molecular formula is C21H22N2O3S. The Bertz CT molecular complexity index is 880. The van der Waals surface area contributed by atoms with Gasteiger partial charge < -0.3 is 14.5 Å². The molecule has 0 spiro atoms. The molecule has 3 rings (SSSR count). The molecule has 0 radical (unpaired) electrons. The van der Waals surface area contributed by atoms with Gasteiger partial charge in [-0.15, -0.1) is 11.8 Å². The summed E-state index contributed by atoms with van der Waals surface area (Å²) in [6.45, 7) is 2.55. The molecule has 1 heterocycles. The van der Waals surface area contributed by atoms with E-state index in [2.05, 4.69) is 5.16 Å². The fraction of sp³-hybridized carbons (Fsp3) is 0.238. The predicted octanol–water partition coefficient (Wildman–Crippen LogP) is 3.91. The van der Waals surface area contributed by atoms with Crippen LogP contribution in [-0.2, 0) is 12.3 Å². The van der Waals surface area contributed by atoms with Crippen LogP contribution in [0.15, 0.2) is 70.1 Å². The summed E-state index contributed by atoms with van der Waals surface area (Å²) >= 11 is 1.54. The number of amides is 1. The van der Waals surface area contributed by atoms with Crippen LogP contribution in [0.1, 0.15) is 27.4 Å². The average molecular weight is 382 g/mol. The lowest BCUT2D eigenvalue weighted by Crippen LogP contribution is -2.33. The second kappa shape index (κ2) is 9.39. The molecule has 5 nitrogen and oxygen atoms in total. The molecule has 1 N–H and O–H groups in total. The van der Waals surface area contributed by atoms with Gasteiger partial charge in [0.2, 0.25) is 0 Å². The summed E-state index contributed by atoms with van der Waals surface area (Å²) < 4.78 is 5.25. The zero-order valence-corrected chi connectivity index (χ0v) is 16.0. The number of carbonyl (C=O) groups is 1. The smallest absolute Gasteiger partial charge is 0.255 e. The van der Waals surface area contributed by atoms with Gasteiger partial charge in [-0.1, -0.05) is 47.6 Å². The number of aliphatic hydroxyl groups is 1. The van der Waals surface area contributed by atoms with Crippen molar-refractivity contribution in [2.24, 2.45) is 0 Å². The molecule has 6 heteroatoms. The SMILES string of the molecule is Cc1cc(CSc2ccccc2C(=O)N(CCO)Cc2ccccc2)on1. The van der Waals surface area contributed by atoms with Gasteiger partial charge in [-0.3, -0.25) is 4.79 Å². The minimum absolute atomic E-state index is 0.0781. The van der Waals surface area contributed by atoms with Crippen LogP contribution in [0, 0.1) is 6.92 Å². The molecule has 2 aromatic carbocycles. The first-order valence-corrected chi connectivity index (χ1v) is 9.74. The van der Waals surface area contributed by atoms with E-state index in [-0.39, 0.29) is 19.1 Å². The molecule has 0 fully saturated rings. The maximum Gasteiger partial charge on any atom is 0.255 e. The summed E-state index contributed by atoms with van der Waals surface area (Å²) in [7, 11) is 0. The molecule has 3 aromatic rings. The highest BCUT2D eigenvalue weighted by Gasteiger charge is 2.19. The van der Waals surface area contributed by atoms with E-state index in [4.69, 9.17) is 4.52 Å². The third kappa shape index (κ3) is 5.21. The highest BCUT2D eigenvalue weighted by Crippen LogP contribution is 2.27. The van der Waals surface area contributed by atoms with Gasteiger partial charge in [0.1, 0.15) is 5.76 Å². The number of aliphatic hydroxyl groups excluding tert-OH is 1. The number of carbonyl (C=O) groups excluding carboxylic acids is 1. The first kappa shape index (κ1) is 19.2. The summed E-state index contributed by atoms with van der Waals surface area (Å²) in [5, 5.41) is 13.3. The van der Waals surface area contributed by atoms with Gasteiger partial charge >= 0.3 is 0 Å². The molecule has 0 aliphatic rings. The van der Waals surface area contributed by atoms with Crippen LogP contribution in [-0.4, -0.2) is 34.2 Å². The quantitative estimate of drug-likeness (QED) is 0.598. The summed E-state index contributed by atoms with van der Waals surface area (Å²) in [5.41, 5.74) is 2.50. The zero-order chi connectivity index (χ0) is 19.1. The molecule has 0 saturated carbocycles. The number of benzene rings is 2. The third-order valence-corrected chi connectivity index (χ3v) is 5.13. The van der Waals surface area contributed by atoms with Crippen LogP contribution in [0.25, 0.3) is 0 Å². The van der Waals surface area contributed by atoms with Crippen molar-refractivity contribution in [3.8, 4) is 0 Å². The molecule has 1 amide bonds. The van der Waals surface area contributed by atoms with Gasteiger partial charge in [-0.2, -0.15) is 0 Å². The van der Waals surface area contributed by atoms with Gasteiger partial charge in [0.15, 0.2) is 0 Å². The predicted molar refractivity (Wildman–Crippen MR) is 106 cm³/mol. The molecule has 140 valence electrons. The molecular weight excluding hydrogens is 360 g/mol. The topological polar surface area (TPSA) is 66.6 Å². The third-order valence-electron chi connectivity index (χ3n) is 4.04. The number of nitrogens with zero attached hydrogens (tertiary/aromatic N) is 2. The number of thioether (sulfide) groups is 1. The largest absolute Gasteiger partial charge is 0.395 e. The number of hydrogen-bond donors (Lipinski definition) is 1. The molecule has 0 bridgehead atoms. The van der Waals surface area contributed by atoms with Crippen molar-refractivity contribution in [3.63, 3.8) is 0 Å². The Balaban J connectivity index is 1.77. The highest BCUT2D eigenvalue weighted by atomic mass is 32.2. The fourth-order valence-corrected chi connectivity index (χ4v) is 3.67. The van der Waals surface area contributed by atoms with Gasteiger partial charge in [0.25, 0.3) is 5.91 Å². The molecule has 1 aromatic heterocycles. The Morgan fingerprint density at radius 2 is 1.89 bits per heavy atom. The van der Waals surface area contributed by atoms with E-state index in [9.17, 15) is 9.90 Å². The van der Waals surface area contributed by atoms with E-state index in [1.807, 2.05) is 67.6 Å². The number of aryl methyl sites for hydroxylation is 1. The van der Waals surface area contributed by atoms with E-state index in [0.717, 1.165) is 21.9 Å². The maximum absolute atomic E-state index is 13.1. The van der Waals surface area contributed by atoms with Crippen molar-refractivity contribution >= 4 is 17.7 Å². The fourth-order valence-electron chi connectivity index (χ4n) is 2.75. The number of rotatable bonds is 8. The monoisotopic (exact) mass is 382 g/mol. The second-order valence-corrected chi connectivity index (χ2v) is 7.17. The lowest BCUT2D eigenvalue weighted by Gasteiger charge is -2.23. The molecule has 0 atom stereocenters. The number of aromatic nitrogens is 1. The van der Waals surface area contributed by atoms with Crippen LogP contribution >= 0.6 is 11.8 Å². The van der Waals surface area contributed by atoms with Gasteiger partial charge in [0.05, 0.1) is 23.6 Å². The number of hydrogen-bond acceptors (Lipinski definition) is 5. The van der Waals surface area contributed by atoms with Crippen molar-refractivity contribution in [2.75, 3.05) is 13.2 Å². The van der Waals surface area contributed by atoms with Crippen LogP contribution < -0.4 is 0 Å². The first-order chi connectivity index (χ1) is 13.2. The molecule has 0 aliphatic heterocycles. The van der Waals surface area contributed by atoms with E-state index in [1.165, 1.54) is 11.8 Å². The van der Waals surface area contributed by atoms with Crippen molar-refractivity contribution in [1.29, 1.82) is 0 Å². The lowest BCUT2D eigenvalue weighted by atomic mass is 10.1. The van der Waals surface area contributed by atoms with Gasteiger partial charge in [-0.05, 0) is 24.6 Å². The Kier molecular flexibility index (Phi) is 6.68. The Hall–Kier alpha value is -2.57. The van der Waals surface area contributed by atoms with E-state index < -0.39 is 0 Å². The van der Waals surface area contributed by atoms with Crippen LogP contribution in [0.2, 0.25) is 0 Å². The average Bonchev–Trinajstić information content (AvgIpc) is 3.12. The van der Waals surface area contributed by atoms with Crippen LogP contribution in [0.4, 0.5) is 0 Å². The Morgan fingerprint density at radius 3 is 2.59 bits per heavy atom. The minimum Gasteiger partial charge on any atom is -0.395 e. The van der Waals surface area contributed by atoms with Gasteiger partial charge in [0, 0.05) is 24.1 Å². The summed E-state index contributed by atoms with van der Waals surface area (Å²) in [6.07, 6.45) is 0. The van der Waals surface area contributed by atoms with Crippen LogP contribution in [0.3, 0.4) is 0 Å². The van der Waals surface area contributed by atoms with Crippen molar-refractivity contribution in [1.82, 2.24) is 10.1 Å². The first-order valence-electron chi connectivity index (χ1n) is 8.75. The van der Waals surface area contributed by atoms with E-state index in [1.54, 1.807) is 4.90 Å². The molecule has 0 saturated heterocycles.